The van der Waals surface area contributed by atoms with Gasteiger partial charge in [-0.25, -0.2) is 4.98 Å². The smallest absolute Gasteiger partial charge is 0.265 e. The maximum atomic E-state index is 12.7. The molecule has 0 radical (unpaired) electrons. The van der Waals surface area contributed by atoms with Crippen LogP contribution in [0.3, 0.4) is 0 Å². The van der Waals surface area contributed by atoms with E-state index in [4.69, 9.17) is 0 Å². The van der Waals surface area contributed by atoms with Gasteiger partial charge in [0.2, 0.25) is 0 Å². The molecule has 108 valence electrons. The van der Waals surface area contributed by atoms with Crippen LogP contribution in [0.2, 0.25) is 0 Å². The highest BCUT2D eigenvalue weighted by Gasteiger charge is 2.36. The number of aryl methyl sites for hydroxylation is 1. The lowest BCUT2D eigenvalue weighted by Gasteiger charge is -2.17. The Labute approximate surface area is 123 Å². The van der Waals surface area contributed by atoms with E-state index in [1.807, 2.05) is 18.7 Å². The van der Waals surface area contributed by atoms with Crippen LogP contribution in [0.25, 0.3) is 0 Å². The van der Waals surface area contributed by atoms with Gasteiger partial charge in [0.15, 0.2) is 5.13 Å². The van der Waals surface area contributed by atoms with E-state index < -0.39 is 0 Å². The number of rotatable bonds is 3. The summed E-state index contributed by atoms with van der Waals surface area (Å²) in [7, 11) is 0. The SMILES string of the molecule is CCNc1nc(C)c(C(=O)N2C[C@H]3CC=CC[C@H]3C2)s1. The Morgan fingerprint density at radius 1 is 1.40 bits per heavy atom. The molecule has 1 aromatic heterocycles. The van der Waals surface area contributed by atoms with Gasteiger partial charge in [0.05, 0.1) is 5.69 Å². The summed E-state index contributed by atoms with van der Waals surface area (Å²) in [6.45, 7) is 6.61. The zero-order valence-electron chi connectivity index (χ0n) is 12.1. The Morgan fingerprint density at radius 3 is 2.65 bits per heavy atom. The zero-order valence-corrected chi connectivity index (χ0v) is 12.9. The number of hydrogen-bond donors (Lipinski definition) is 1. The fourth-order valence-corrected chi connectivity index (χ4v) is 4.15. The van der Waals surface area contributed by atoms with E-state index in [0.717, 1.165) is 48.2 Å². The summed E-state index contributed by atoms with van der Waals surface area (Å²) in [6, 6.07) is 0. The van der Waals surface area contributed by atoms with Crippen molar-refractivity contribution in [3.05, 3.63) is 22.7 Å². The Kier molecular flexibility index (Phi) is 3.78. The first kappa shape index (κ1) is 13.6. The average Bonchev–Trinajstić information content (AvgIpc) is 3.02. The molecule has 1 aliphatic heterocycles. The molecule has 2 heterocycles. The third-order valence-electron chi connectivity index (χ3n) is 4.23. The van der Waals surface area contributed by atoms with Crippen molar-refractivity contribution in [2.45, 2.75) is 26.7 Å². The van der Waals surface area contributed by atoms with Crippen LogP contribution in [0.5, 0.6) is 0 Å². The number of hydrogen-bond acceptors (Lipinski definition) is 4. The molecule has 0 bridgehead atoms. The first-order chi connectivity index (χ1) is 9.69. The maximum absolute atomic E-state index is 12.7. The van der Waals surface area contributed by atoms with Crippen LogP contribution in [0.15, 0.2) is 12.2 Å². The van der Waals surface area contributed by atoms with Crippen LogP contribution in [-0.2, 0) is 0 Å². The van der Waals surface area contributed by atoms with E-state index in [2.05, 4.69) is 22.5 Å². The second kappa shape index (κ2) is 5.56. The van der Waals surface area contributed by atoms with Crippen molar-refractivity contribution in [2.24, 2.45) is 11.8 Å². The second-order valence-electron chi connectivity index (χ2n) is 5.64. The molecule has 20 heavy (non-hydrogen) atoms. The fraction of sp³-hybridized carbons (Fsp3) is 0.600. The number of fused-ring (bicyclic) bond motifs is 1. The second-order valence-corrected chi connectivity index (χ2v) is 6.64. The Balaban J connectivity index is 1.73. The van der Waals surface area contributed by atoms with Crippen molar-refractivity contribution in [3.63, 3.8) is 0 Å². The monoisotopic (exact) mass is 291 g/mol. The molecule has 2 aliphatic rings. The molecule has 0 aromatic carbocycles. The predicted octanol–water partition coefficient (Wildman–Crippen LogP) is 2.92. The van der Waals surface area contributed by atoms with Gasteiger partial charge in [-0.2, -0.15) is 0 Å². The minimum Gasteiger partial charge on any atom is -0.362 e. The van der Waals surface area contributed by atoms with Crippen LogP contribution in [0, 0.1) is 18.8 Å². The van der Waals surface area contributed by atoms with E-state index in [0.29, 0.717) is 11.8 Å². The minimum atomic E-state index is 0.165. The lowest BCUT2D eigenvalue weighted by Crippen LogP contribution is -2.28. The van der Waals surface area contributed by atoms with Gasteiger partial charge >= 0.3 is 0 Å². The summed E-state index contributed by atoms with van der Waals surface area (Å²) >= 11 is 1.48. The van der Waals surface area contributed by atoms with Gasteiger partial charge in [-0.05, 0) is 38.5 Å². The number of nitrogens with zero attached hydrogens (tertiary/aromatic N) is 2. The lowest BCUT2D eigenvalue weighted by molar-refractivity contribution is 0.0788. The molecule has 5 heteroatoms. The van der Waals surface area contributed by atoms with Crippen molar-refractivity contribution in [2.75, 3.05) is 25.0 Å². The number of likely N-dealkylation sites (tertiary alicyclic amines) is 1. The Morgan fingerprint density at radius 2 is 2.05 bits per heavy atom. The number of aromatic nitrogens is 1. The molecular weight excluding hydrogens is 270 g/mol. The van der Waals surface area contributed by atoms with E-state index in [1.165, 1.54) is 11.3 Å². The average molecular weight is 291 g/mol. The van der Waals surface area contributed by atoms with E-state index in [9.17, 15) is 4.79 Å². The first-order valence-corrected chi connectivity index (χ1v) is 8.16. The predicted molar refractivity (Wildman–Crippen MR) is 82.3 cm³/mol. The molecule has 1 N–H and O–H groups in total. The largest absolute Gasteiger partial charge is 0.362 e. The molecule has 4 nitrogen and oxygen atoms in total. The summed E-state index contributed by atoms with van der Waals surface area (Å²) < 4.78 is 0. The van der Waals surface area contributed by atoms with Crippen molar-refractivity contribution in [3.8, 4) is 0 Å². The van der Waals surface area contributed by atoms with E-state index in [1.54, 1.807) is 0 Å². The van der Waals surface area contributed by atoms with Crippen molar-refractivity contribution >= 4 is 22.4 Å². The first-order valence-electron chi connectivity index (χ1n) is 7.34. The molecule has 0 spiro atoms. The summed E-state index contributed by atoms with van der Waals surface area (Å²) in [5.74, 6) is 1.48. The standard InChI is InChI=1S/C15H21N3OS/c1-3-16-15-17-10(2)13(20-15)14(19)18-8-11-6-4-5-7-12(11)9-18/h4-5,11-12H,3,6-9H2,1-2H3,(H,16,17)/t11-,12+. The molecule has 1 fully saturated rings. The van der Waals surface area contributed by atoms with Gasteiger partial charge in [0.1, 0.15) is 4.88 Å². The Hall–Kier alpha value is -1.36. The van der Waals surface area contributed by atoms with Crippen molar-refractivity contribution < 1.29 is 4.79 Å². The van der Waals surface area contributed by atoms with Crippen molar-refractivity contribution in [1.29, 1.82) is 0 Å². The Bertz CT molecular complexity index is 521. The number of carbonyl (C=O) groups is 1. The van der Waals surface area contributed by atoms with E-state index in [-0.39, 0.29) is 5.91 Å². The molecule has 1 aromatic rings. The van der Waals surface area contributed by atoms with Gasteiger partial charge in [-0.1, -0.05) is 23.5 Å². The number of anilines is 1. The highest BCUT2D eigenvalue weighted by molar-refractivity contribution is 7.17. The third kappa shape index (κ3) is 2.46. The van der Waals surface area contributed by atoms with Gasteiger partial charge in [-0.15, -0.1) is 0 Å². The van der Waals surface area contributed by atoms with Crippen LogP contribution in [-0.4, -0.2) is 35.4 Å². The van der Waals surface area contributed by atoms with Crippen LogP contribution in [0.4, 0.5) is 5.13 Å². The molecule has 0 unspecified atom stereocenters. The lowest BCUT2D eigenvalue weighted by atomic mass is 9.86. The highest BCUT2D eigenvalue weighted by atomic mass is 32.1. The van der Waals surface area contributed by atoms with Crippen LogP contribution < -0.4 is 5.32 Å². The number of amides is 1. The highest BCUT2D eigenvalue weighted by Crippen LogP contribution is 2.34. The minimum absolute atomic E-state index is 0.165. The summed E-state index contributed by atoms with van der Waals surface area (Å²) in [5.41, 5.74) is 0.851. The molecule has 1 aliphatic carbocycles. The van der Waals surface area contributed by atoms with Gasteiger partial charge < -0.3 is 10.2 Å². The van der Waals surface area contributed by atoms with Gasteiger partial charge in [0, 0.05) is 19.6 Å². The van der Waals surface area contributed by atoms with Crippen LogP contribution >= 0.6 is 11.3 Å². The number of allylic oxidation sites excluding steroid dienone is 2. The van der Waals surface area contributed by atoms with Gasteiger partial charge in [0.25, 0.3) is 5.91 Å². The topological polar surface area (TPSA) is 45.2 Å². The molecule has 2 atom stereocenters. The summed E-state index contributed by atoms with van der Waals surface area (Å²) in [4.78, 5) is 19.9. The summed E-state index contributed by atoms with van der Waals surface area (Å²) in [6.07, 6.45) is 6.77. The number of carbonyl (C=O) groups excluding carboxylic acids is 1. The van der Waals surface area contributed by atoms with Crippen LogP contribution in [0.1, 0.15) is 35.1 Å². The van der Waals surface area contributed by atoms with Gasteiger partial charge in [-0.3, -0.25) is 4.79 Å². The van der Waals surface area contributed by atoms with E-state index >= 15 is 0 Å². The number of nitrogens with one attached hydrogen (secondary N) is 1. The normalized spacial score (nSPS) is 24.8. The molecule has 0 saturated carbocycles. The molecule has 1 amide bonds. The third-order valence-corrected chi connectivity index (χ3v) is 5.33. The maximum Gasteiger partial charge on any atom is 0.265 e. The number of thiazole rings is 1. The quantitative estimate of drug-likeness (QED) is 0.871. The fourth-order valence-electron chi connectivity index (χ4n) is 3.15. The summed E-state index contributed by atoms with van der Waals surface area (Å²) in [5, 5.41) is 4.04. The zero-order chi connectivity index (χ0) is 14.1. The molecular formula is C15H21N3OS. The molecule has 1 saturated heterocycles. The molecule has 3 rings (SSSR count). The van der Waals surface area contributed by atoms with Crippen molar-refractivity contribution in [1.82, 2.24) is 9.88 Å².